The number of pyridine rings is 1. The molecular weight excluding hydrogens is 355 g/mol. The Balaban J connectivity index is 0.000000298. The van der Waals surface area contributed by atoms with Crippen LogP contribution in [0.5, 0.6) is 5.75 Å². The van der Waals surface area contributed by atoms with Crippen LogP contribution >= 0.6 is 0 Å². The minimum Gasteiger partial charge on any atom is -0.494 e. The molecule has 0 atom stereocenters. The van der Waals surface area contributed by atoms with Gasteiger partial charge in [-0.3, -0.25) is 0 Å². The molecule has 4 N–H and O–H groups in total. The number of nitrogens with zero attached hydrogens (tertiary/aromatic N) is 3. The van der Waals surface area contributed by atoms with Crippen LogP contribution in [0.2, 0.25) is 0 Å². The summed E-state index contributed by atoms with van der Waals surface area (Å²) < 4.78 is 37.2. The van der Waals surface area contributed by atoms with E-state index >= 15 is 0 Å². The van der Waals surface area contributed by atoms with E-state index in [-0.39, 0.29) is 0 Å². The first kappa shape index (κ1) is 19.4. The van der Waals surface area contributed by atoms with Crippen LogP contribution in [0, 0.1) is 0 Å². The lowest BCUT2D eigenvalue weighted by Gasteiger charge is -2.16. The molecule has 11 heteroatoms. The summed E-state index contributed by atoms with van der Waals surface area (Å²) in [6.45, 7) is 1.79. The van der Waals surface area contributed by atoms with Gasteiger partial charge in [0.05, 0.1) is 12.6 Å². The van der Waals surface area contributed by atoms with Crippen LogP contribution < -0.4 is 15.8 Å². The van der Waals surface area contributed by atoms with Gasteiger partial charge in [0, 0.05) is 12.6 Å². The fraction of sp³-hybridized carbons (Fsp3) is 0.333. The van der Waals surface area contributed by atoms with E-state index in [4.69, 9.17) is 20.4 Å². The number of hydrogen-bond donors (Lipinski definition) is 3. The molecule has 0 amide bonds. The highest BCUT2D eigenvalue weighted by atomic mass is 19.4. The first-order valence-electron chi connectivity index (χ1n) is 7.39. The molecule has 0 aliphatic carbocycles. The van der Waals surface area contributed by atoms with E-state index in [0.29, 0.717) is 16.9 Å². The lowest BCUT2D eigenvalue weighted by atomic mass is 10.0. The number of nitrogens with one attached hydrogen (secondary N) is 1. The predicted molar refractivity (Wildman–Crippen MR) is 87.5 cm³/mol. The highest BCUT2D eigenvalue weighted by Gasteiger charge is 2.38. The van der Waals surface area contributed by atoms with Crippen molar-refractivity contribution in [1.29, 1.82) is 0 Å². The zero-order valence-electron chi connectivity index (χ0n) is 13.7. The van der Waals surface area contributed by atoms with Crippen molar-refractivity contribution in [3.8, 4) is 5.75 Å². The zero-order valence-corrected chi connectivity index (χ0v) is 13.7. The molecule has 8 nitrogen and oxygen atoms in total. The Morgan fingerprint density at radius 3 is 2.62 bits per heavy atom. The van der Waals surface area contributed by atoms with Crippen LogP contribution in [-0.2, 0) is 4.79 Å². The molecule has 0 fully saturated rings. The SMILES string of the molecule is COc1cc2ncnc(N)c2nc1C1=CCNCC1.O=C(O)C(F)(F)F. The first-order chi connectivity index (χ1) is 12.2. The molecule has 26 heavy (non-hydrogen) atoms. The van der Waals surface area contributed by atoms with Gasteiger partial charge in [0.25, 0.3) is 0 Å². The summed E-state index contributed by atoms with van der Waals surface area (Å²) in [5.74, 6) is -1.64. The Hall–Kier alpha value is -2.95. The highest BCUT2D eigenvalue weighted by molar-refractivity contribution is 5.87. The number of methoxy groups -OCH3 is 1. The van der Waals surface area contributed by atoms with Crippen molar-refractivity contribution in [3.05, 3.63) is 24.2 Å². The van der Waals surface area contributed by atoms with Crippen LogP contribution in [0.1, 0.15) is 12.1 Å². The number of aromatic nitrogens is 3. The van der Waals surface area contributed by atoms with Gasteiger partial charge in [0.2, 0.25) is 0 Å². The van der Waals surface area contributed by atoms with Crippen LogP contribution in [0.3, 0.4) is 0 Å². The van der Waals surface area contributed by atoms with Gasteiger partial charge >= 0.3 is 12.1 Å². The highest BCUT2D eigenvalue weighted by Crippen LogP contribution is 2.30. The third kappa shape index (κ3) is 4.57. The monoisotopic (exact) mass is 371 g/mol. The van der Waals surface area contributed by atoms with Gasteiger partial charge in [-0.1, -0.05) is 6.08 Å². The minimum absolute atomic E-state index is 0.392. The lowest BCUT2D eigenvalue weighted by molar-refractivity contribution is -0.192. The van der Waals surface area contributed by atoms with E-state index in [1.165, 1.54) is 11.9 Å². The maximum atomic E-state index is 10.6. The van der Waals surface area contributed by atoms with Gasteiger partial charge in [-0.05, 0) is 18.5 Å². The second-order valence-corrected chi connectivity index (χ2v) is 5.15. The number of ether oxygens (including phenoxy) is 1. The van der Waals surface area contributed by atoms with Crippen LogP contribution in [0.25, 0.3) is 16.6 Å². The average molecular weight is 371 g/mol. The number of carboxylic acid groups (broad SMARTS) is 1. The van der Waals surface area contributed by atoms with Crippen LogP contribution in [0.15, 0.2) is 18.5 Å². The fourth-order valence-corrected chi connectivity index (χ4v) is 2.21. The third-order valence-electron chi connectivity index (χ3n) is 3.43. The van der Waals surface area contributed by atoms with Gasteiger partial charge in [-0.25, -0.2) is 19.7 Å². The lowest BCUT2D eigenvalue weighted by Crippen LogP contribution is -2.21. The summed E-state index contributed by atoms with van der Waals surface area (Å²) in [5, 5.41) is 10.4. The quantitative estimate of drug-likeness (QED) is 0.728. The number of nitrogen functional groups attached to an aromatic ring is 1. The molecule has 0 bridgehead atoms. The molecule has 1 aliphatic heterocycles. The fourth-order valence-electron chi connectivity index (χ4n) is 2.21. The van der Waals surface area contributed by atoms with E-state index in [1.54, 1.807) is 7.11 Å². The number of anilines is 1. The Morgan fingerprint density at radius 1 is 1.38 bits per heavy atom. The number of aliphatic carboxylic acids is 1. The summed E-state index contributed by atoms with van der Waals surface area (Å²) in [6.07, 6.45) is -0.606. The number of fused-ring (bicyclic) bond motifs is 1. The number of carboxylic acids is 1. The molecular formula is C15H16F3N5O3. The van der Waals surface area contributed by atoms with Crippen molar-refractivity contribution in [2.45, 2.75) is 12.6 Å². The van der Waals surface area contributed by atoms with Gasteiger partial charge in [0.15, 0.2) is 5.82 Å². The normalized spacial score (nSPS) is 14.2. The van der Waals surface area contributed by atoms with E-state index < -0.39 is 12.1 Å². The van der Waals surface area contributed by atoms with Crippen molar-refractivity contribution >= 4 is 28.4 Å². The summed E-state index contributed by atoms with van der Waals surface area (Å²) in [4.78, 5) is 21.6. The van der Waals surface area contributed by atoms with Crippen molar-refractivity contribution < 1.29 is 27.8 Å². The summed E-state index contributed by atoms with van der Waals surface area (Å²) in [5.41, 5.74) is 9.18. The molecule has 0 aromatic carbocycles. The largest absolute Gasteiger partial charge is 0.494 e. The molecule has 3 rings (SSSR count). The van der Waals surface area contributed by atoms with E-state index in [2.05, 4.69) is 26.3 Å². The molecule has 0 radical (unpaired) electrons. The summed E-state index contributed by atoms with van der Waals surface area (Å²) in [6, 6.07) is 1.86. The predicted octanol–water partition coefficient (Wildman–Crippen LogP) is 1.63. The third-order valence-corrected chi connectivity index (χ3v) is 3.43. The maximum Gasteiger partial charge on any atom is 0.490 e. The number of halogens is 3. The number of rotatable bonds is 2. The smallest absolute Gasteiger partial charge is 0.490 e. The Morgan fingerprint density at radius 2 is 2.08 bits per heavy atom. The molecule has 0 saturated carbocycles. The van der Waals surface area contributed by atoms with E-state index in [1.807, 2.05) is 6.07 Å². The standard InChI is InChI=1S/C13H15N5O.C2HF3O2/c1-19-10-6-9-12(13(14)17-7-16-9)18-11(10)8-2-4-15-5-3-8;3-2(4,5)1(6)7/h2,6-7,15H,3-5H2,1H3,(H2,14,16,17);(H,6,7). The number of alkyl halides is 3. The summed E-state index contributed by atoms with van der Waals surface area (Å²) in [7, 11) is 1.64. The minimum atomic E-state index is -5.08. The molecule has 140 valence electrons. The van der Waals surface area contributed by atoms with Crippen molar-refractivity contribution in [3.63, 3.8) is 0 Å². The van der Waals surface area contributed by atoms with Crippen molar-refractivity contribution in [1.82, 2.24) is 20.3 Å². The molecule has 1 aliphatic rings. The summed E-state index contributed by atoms with van der Waals surface area (Å²) >= 11 is 0. The molecule has 3 heterocycles. The molecule has 2 aromatic rings. The zero-order chi connectivity index (χ0) is 19.3. The molecule has 0 saturated heterocycles. The van der Waals surface area contributed by atoms with Crippen molar-refractivity contribution in [2.24, 2.45) is 0 Å². The maximum absolute atomic E-state index is 10.6. The van der Waals surface area contributed by atoms with Gasteiger partial charge < -0.3 is 20.9 Å². The van der Waals surface area contributed by atoms with E-state index in [0.717, 1.165) is 31.0 Å². The molecule has 2 aromatic heterocycles. The van der Waals surface area contributed by atoms with Gasteiger partial charge in [-0.2, -0.15) is 13.2 Å². The molecule has 0 spiro atoms. The number of carbonyl (C=O) groups is 1. The van der Waals surface area contributed by atoms with Crippen molar-refractivity contribution in [2.75, 3.05) is 25.9 Å². The van der Waals surface area contributed by atoms with Gasteiger partial charge in [-0.15, -0.1) is 0 Å². The van der Waals surface area contributed by atoms with Crippen LogP contribution in [-0.4, -0.2) is 52.4 Å². The Labute approximate surface area is 145 Å². The second kappa shape index (κ2) is 7.95. The first-order valence-corrected chi connectivity index (χ1v) is 7.39. The Bertz CT molecular complexity index is 839. The molecule has 0 unspecified atom stereocenters. The number of hydrogen-bond acceptors (Lipinski definition) is 7. The second-order valence-electron chi connectivity index (χ2n) is 5.15. The van der Waals surface area contributed by atoms with E-state index in [9.17, 15) is 13.2 Å². The van der Waals surface area contributed by atoms with Gasteiger partial charge in [0.1, 0.15) is 23.3 Å². The Kier molecular flexibility index (Phi) is 5.93. The van der Waals surface area contributed by atoms with Crippen LogP contribution in [0.4, 0.5) is 19.0 Å². The topological polar surface area (TPSA) is 123 Å². The number of nitrogens with two attached hydrogens (primary N) is 1. The average Bonchev–Trinajstić information content (AvgIpc) is 2.61.